The lowest BCUT2D eigenvalue weighted by atomic mass is 10.1. The molecule has 5 nitrogen and oxygen atoms in total. The van der Waals surface area contributed by atoms with Gasteiger partial charge in [-0.15, -0.1) is 0 Å². The Balaban J connectivity index is 1.64. The van der Waals surface area contributed by atoms with Crippen LogP contribution in [-0.2, 0) is 11.2 Å². The lowest BCUT2D eigenvalue weighted by molar-refractivity contribution is 0.0952. The number of nitrogens with one attached hydrogen (secondary N) is 1. The molecule has 2 aromatic rings. The zero-order valence-corrected chi connectivity index (χ0v) is 14.0. The minimum absolute atomic E-state index is 0.0711. The van der Waals surface area contributed by atoms with E-state index in [0.717, 1.165) is 25.3 Å². The standard InChI is InChI=1S/C19H23N3O2/c1-15-5-2-3-6-16(15)8-10-21-19(23)17-7-4-9-20-18(17)22-11-13-24-14-12-22/h2-7,9H,8,10-14H2,1H3,(H,21,23). The van der Waals surface area contributed by atoms with Crippen molar-refractivity contribution in [2.75, 3.05) is 37.7 Å². The summed E-state index contributed by atoms with van der Waals surface area (Å²) in [7, 11) is 0. The fraction of sp³-hybridized carbons (Fsp3) is 0.368. The summed E-state index contributed by atoms with van der Waals surface area (Å²) in [5.41, 5.74) is 3.14. The van der Waals surface area contributed by atoms with Crippen LogP contribution in [0.15, 0.2) is 42.6 Å². The van der Waals surface area contributed by atoms with E-state index in [0.29, 0.717) is 25.3 Å². The first kappa shape index (κ1) is 16.5. The van der Waals surface area contributed by atoms with Crippen LogP contribution in [0.25, 0.3) is 0 Å². The monoisotopic (exact) mass is 325 g/mol. The highest BCUT2D eigenvalue weighted by Crippen LogP contribution is 2.18. The smallest absolute Gasteiger partial charge is 0.255 e. The molecule has 0 aliphatic carbocycles. The molecule has 24 heavy (non-hydrogen) atoms. The number of aryl methyl sites for hydroxylation is 1. The molecular weight excluding hydrogens is 302 g/mol. The molecule has 1 aromatic heterocycles. The van der Waals surface area contributed by atoms with Crippen molar-refractivity contribution in [2.24, 2.45) is 0 Å². The van der Waals surface area contributed by atoms with Gasteiger partial charge in [-0.3, -0.25) is 4.79 Å². The Morgan fingerprint density at radius 3 is 2.79 bits per heavy atom. The molecule has 0 unspecified atom stereocenters. The fourth-order valence-electron chi connectivity index (χ4n) is 2.90. The van der Waals surface area contributed by atoms with E-state index in [-0.39, 0.29) is 5.91 Å². The van der Waals surface area contributed by atoms with E-state index in [1.54, 1.807) is 12.3 Å². The van der Waals surface area contributed by atoms with Gasteiger partial charge in [0, 0.05) is 25.8 Å². The number of morpholine rings is 1. The number of benzene rings is 1. The van der Waals surface area contributed by atoms with Crippen LogP contribution in [0.3, 0.4) is 0 Å². The third-order valence-electron chi connectivity index (χ3n) is 4.28. The van der Waals surface area contributed by atoms with Crippen molar-refractivity contribution >= 4 is 11.7 Å². The van der Waals surface area contributed by atoms with Crippen LogP contribution in [0.1, 0.15) is 21.5 Å². The van der Waals surface area contributed by atoms with Gasteiger partial charge >= 0.3 is 0 Å². The molecule has 0 radical (unpaired) electrons. The Hall–Kier alpha value is -2.40. The Labute approximate surface area is 142 Å². The first-order chi connectivity index (χ1) is 11.8. The molecule has 3 rings (SSSR count). The number of aromatic nitrogens is 1. The Bertz CT molecular complexity index is 697. The normalized spacial score (nSPS) is 14.5. The highest BCUT2D eigenvalue weighted by atomic mass is 16.5. The first-order valence-electron chi connectivity index (χ1n) is 8.36. The zero-order chi connectivity index (χ0) is 16.8. The minimum atomic E-state index is -0.0711. The number of anilines is 1. The molecule has 0 atom stereocenters. The van der Waals surface area contributed by atoms with Gasteiger partial charge in [0.25, 0.3) is 5.91 Å². The van der Waals surface area contributed by atoms with Crippen LogP contribution in [-0.4, -0.2) is 43.7 Å². The molecule has 0 saturated carbocycles. The van der Waals surface area contributed by atoms with E-state index in [1.807, 2.05) is 18.2 Å². The van der Waals surface area contributed by atoms with Crippen LogP contribution in [0, 0.1) is 6.92 Å². The van der Waals surface area contributed by atoms with Crippen LogP contribution in [0.4, 0.5) is 5.82 Å². The number of carbonyl (C=O) groups excluding carboxylic acids is 1. The van der Waals surface area contributed by atoms with Gasteiger partial charge in [-0.05, 0) is 36.6 Å². The summed E-state index contributed by atoms with van der Waals surface area (Å²) in [6, 6.07) is 11.9. The Kier molecular flexibility index (Phi) is 5.43. The lowest BCUT2D eigenvalue weighted by Crippen LogP contribution is -2.38. The largest absolute Gasteiger partial charge is 0.378 e. The van der Waals surface area contributed by atoms with Crippen molar-refractivity contribution in [3.05, 3.63) is 59.3 Å². The summed E-state index contributed by atoms with van der Waals surface area (Å²) in [5, 5.41) is 3.02. The molecule has 1 N–H and O–H groups in total. The van der Waals surface area contributed by atoms with Crippen molar-refractivity contribution in [1.29, 1.82) is 0 Å². The second-order valence-electron chi connectivity index (χ2n) is 5.91. The maximum absolute atomic E-state index is 12.6. The van der Waals surface area contributed by atoms with Crippen LogP contribution in [0.2, 0.25) is 0 Å². The molecule has 5 heteroatoms. The van der Waals surface area contributed by atoms with Crippen LogP contribution in [0.5, 0.6) is 0 Å². The van der Waals surface area contributed by atoms with Crippen LogP contribution < -0.4 is 10.2 Å². The van der Waals surface area contributed by atoms with Gasteiger partial charge in [-0.25, -0.2) is 4.98 Å². The third-order valence-corrected chi connectivity index (χ3v) is 4.28. The number of amides is 1. The number of hydrogen-bond acceptors (Lipinski definition) is 4. The van der Waals surface area contributed by atoms with Gasteiger partial charge in [0.1, 0.15) is 5.82 Å². The average molecular weight is 325 g/mol. The molecular formula is C19H23N3O2. The van der Waals surface area contributed by atoms with Crippen LogP contribution >= 0.6 is 0 Å². The molecule has 1 aliphatic rings. The number of rotatable bonds is 5. The van der Waals surface area contributed by atoms with E-state index in [2.05, 4.69) is 34.3 Å². The van der Waals surface area contributed by atoms with Crippen molar-refractivity contribution < 1.29 is 9.53 Å². The van der Waals surface area contributed by atoms with E-state index in [9.17, 15) is 4.79 Å². The molecule has 0 spiro atoms. The number of hydrogen-bond donors (Lipinski definition) is 1. The number of ether oxygens (including phenoxy) is 1. The molecule has 1 amide bonds. The average Bonchev–Trinajstić information content (AvgIpc) is 2.64. The number of pyridine rings is 1. The van der Waals surface area contributed by atoms with Gasteiger partial charge in [-0.1, -0.05) is 24.3 Å². The highest BCUT2D eigenvalue weighted by Gasteiger charge is 2.19. The van der Waals surface area contributed by atoms with Gasteiger partial charge in [0.15, 0.2) is 0 Å². The summed E-state index contributed by atoms with van der Waals surface area (Å²) < 4.78 is 5.38. The number of carbonyl (C=O) groups is 1. The Morgan fingerprint density at radius 2 is 2.00 bits per heavy atom. The summed E-state index contributed by atoms with van der Waals surface area (Å²) in [4.78, 5) is 19.1. The van der Waals surface area contributed by atoms with Gasteiger partial charge in [0.05, 0.1) is 18.8 Å². The topological polar surface area (TPSA) is 54.5 Å². The summed E-state index contributed by atoms with van der Waals surface area (Å²) >= 11 is 0. The van der Waals surface area contributed by atoms with Gasteiger partial charge in [-0.2, -0.15) is 0 Å². The second kappa shape index (κ2) is 7.93. The SMILES string of the molecule is Cc1ccccc1CCNC(=O)c1cccnc1N1CCOCC1. The summed E-state index contributed by atoms with van der Waals surface area (Å²) in [5.74, 6) is 0.673. The third kappa shape index (κ3) is 3.92. The van der Waals surface area contributed by atoms with Crippen molar-refractivity contribution in [2.45, 2.75) is 13.3 Å². The Morgan fingerprint density at radius 1 is 1.21 bits per heavy atom. The predicted octanol–water partition coefficient (Wildman–Crippen LogP) is 2.20. The molecule has 1 saturated heterocycles. The second-order valence-corrected chi connectivity index (χ2v) is 5.91. The highest BCUT2D eigenvalue weighted by molar-refractivity contribution is 5.98. The van der Waals surface area contributed by atoms with Gasteiger partial charge < -0.3 is 15.0 Å². The molecule has 1 fully saturated rings. The quantitative estimate of drug-likeness (QED) is 0.916. The summed E-state index contributed by atoms with van der Waals surface area (Å²) in [6.07, 6.45) is 2.56. The maximum Gasteiger partial charge on any atom is 0.255 e. The molecule has 2 heterocycles. The van der Waals surface area contributed by atoms with Crippen molar-refractivity contribution in [1.82, 2.24) is 10.3 Å². The van der Waals surface area contributed by atoms with Crippen molar-refractivity contribution in [3.8, 4) is 0 Å². The van der Waals surface area contributed by atoms with Gasteiger partial charge in [0.2, 0.25) is 0 Å². The van der Waals surface area contributed by atoms with E-state index < -0.39 is 0 Å². The van der Waals surface area contributed by atoms with E-state index in [4.69, 9.17) is 4.74 Å². The maximum atomic E-state index is 12.6. The molecule has 126 valence electrons. The lowest BCUT2D eigenvalue weighted by Gasteiger charge is -2.29. The van der Waals surface area contributed by atoms with E-state index in [1.165, 1.54) is 11.1 Å². The summed E-state index contributed by atoms with van der Waals surface area (Å²) in [6.45, 7) is 5.58. The van der Waals surface area contributed by atoms with E-state index >= 15 is 0 Å². The molecule has 0 bridgehead atoms. The molecule has 1 aromatic carbocycles. The zero-order valence-electron chi connectivity index (χ0n) is 14.0. The van der Waals surface area contributed by atoms with Crippen molar-refractivity contribution in [3.63, 3.8) is 0 Å². The fourth-order valence-corrected chi connectivity index (χ4v) is 2.90. The minimum Gasteiger partial charge on any atom is -0.378 e. The number of nitrogens with zero attached hydrogens (tertiary/aromatic N) is 2. The first-order valence-corrected chi connectivity index (χ1v) is 8.36. The predicted molar refractivity (Wildman–Crippen MR) is 94.5 cm³/mol. The molecule has 1 aliphatic heterocycles.